The van der Waals surface area contributed by atoms with Crippen molar-refractivity contribution in [2.45, 2.75) is 6.54 Å². The topological polar surface area (TPSA) is 124 Å². The molecular weight excluding hydrogens is 306 g/mol. The standard InChI is InChI=1S/C13H16ClN7O/c1-21(6-10-18-12(15)20-13(16)19-10)7-11(22)17-9-4-2-8(14)3-5-9/h2-5H,6-7H2,1H3,(H,17,22)(H4,15,16,18,19,20)/p+1. The van der Waals surface area contributed by atoms with Crippen molar-refractivity contribution in [2.75, 3.05) is 30.4 Å². The zero-order chi connectivity index (χ0) is 16.1. The predicted octanol–water partition coefficient (Wildman–Crippen LogP) is -0.657. The van der Waals surface area contributed by atoms with Crippen molar-refractivity contribution in [3.05, 3.63) is 35.1 Å². The summed E-state index contributed by atoms with van der Waals surface area (Å²) in [5.41, 5.74) is 11.7. The minimum absolute atomic E-state index is 0.0703. The van der Waals surface area contributed by atoms with Crippen molar-refractivity contribution >= 4 is 35.1 Å². The van der Waals surface area contributed by atoms with Crippen LogP contribution in [0.2, 0.25) is 5.02 Å². The summed E-state index contributed by atoms with van der Waals surface area (Å²) in [5, 5.41) is 3.40. The van der Waals surface area contributed by atoms with E-state index in [9.17, 15) is 4.79 Å². The van der Waals surface area contributed by atoms with Gasteiger partial charge in [-0.05, 0) is 24.3 Å². The Morgan fingerprint density at radius 2 is 1.77 bits per heavy atom. The SMILES string of the molecule is C[NH+](CC(=O)Nc1ccc(Cl)cc1)Cc1nc(N)nc(N)n1. The molecule has 0 saturated heterocycles. The highest BCUT2D eigenvalue weighted by Crippen LogP contribution is 2.12. The number of benzene rings is 1. The number of carbonyl (C=O) groups excluding carboxylic acids is 1. The first-order chi connectivity index (χ1) is 10.4. The smallest absolute Gasteiger partial charge is 0.279 e. The van der Waals surface area contributed by atoms with Crippen molar-refractivity contribution in [1.82, 2.24) is 15.0 Å². The molecule has 8 nitrogen and oxygen atoms in total. The third kappa shape index (κ3) is 4.83. The normalized spacial score (nSPS) is 11.9. The Morgan fingerprint density at radius 1 is 1.18 bits per heavy atom. The van der Waals surface area contributed by atoms with Gasteiger partial charge in [-0.1, -0.05) is 11.6 Å². The van der Waals surface area contributed by atoms with Crippen LogP contribution in [0, 0.1) is 0 Å². The molecule has 2 aromatic rings. The van der Waals surface area contributed by atoms with E-state index in [0.29, 0.717) is 23.1 Å². The maximum Gasteiger partial charge on any atom is 0.279 e. The molecule has 6 N–H and O–H groups in total. The summed E-state index contributed by atoms with van der Waals surface area (Å²) in [7, 11) is 1.84. The van der Waals surface area contributed by atoms with Crippen molar-refractivity contribution in [3.63, 3.8) is 0 Å². The van der Waals surface area contributed by atoms with Gasteiger partial charge in [0.1, 0.15) is 6.54 Å². The summed E-state index contributed by atoms with van der Waals surface area (Å²) in [6.45, 7) is 0.652. The van der Waals surface area contributed by atoms with Crippen LogP contribution in [0.25, 0.3) is 0 Å². The number of hydrogen-bond donors (Lipinski definition) is 4. The van der Waals surface area contributed by atoms with E-state index < -0.39 is 0 Å². The van der Waals surface area contributed by atoms with Gasteiger partial charge in [0.2, 0.25) is 11.9 Å². The summed E-state index contributed by atoms with van der Waals surface area (Å²) in [5.74, 6) is 0.457. The maximum absolute atomic E-state index is 12.0. The molecule has 1 heterocycles. The monoisotopic (exact) mass is 322 g/mol. The van der Waals surface area contributed by atoms with Gasteiger partial charge in [-0.15, -0.1) is 0 Å². The molecule has 116 valence electrons. The molecule has 0 bridgehead atoms. The van der Waals surface area contributed by atoms with E-state index >= 15 is 0 Å². The van der Waals surface area contributed by atoms with Crippen LogP contribution in [-0.4, -0.2) is 34.5 Å². The Balaban J connectivity index is 1.89. The number of nitrogens with two attached hydrogens (primary N) is 2. The highest BCUT2D eigenvalue weighted by atomic mass is 35.5. The first-order valence-corrected chi connectivity index (χ1v) is 6.93. The maximum atomic E-state index is 12.0. The van der Waals surface area contributed by atoms with Crippen molar-refractivity contribution < 1.29 is 9.69 Å². The van der Waals surface area contributed by atoms with Gasteiger partial charge in [-0.25, -0.2) is 0 Å². The first-order valence-electron chi connectivity index (χ1n) is 6.55. The molecule has 2 rings (SSSR count). The fourth-order valence-corrected chi connectivity index (χ4v) is 2.01. The van der Waals surface area contributed by atoms with Gasteiger partial charge < -0.3 is 21.7 Å². The average molecular weight is 323 g/mol. The van der Waals surface area contributed by atoms with Crippen LogP contribution in [0.5, 0.6) is 0 Å². The number of carbonyl (C=O) groups is 1. The number of nitrogens with one attached hydrogen (secondary N) is 2. The molecule has 1 aromatic carbocycles. The number of aromatic nitrogens is 3. The van der Waals surface area contributed by atoms with Crippen LogP contribution in [-0.2, 0) is 11.3 Å². The lowest BCUT2D eigenvalue weighted by Gasteiger charge is -2.13. The van der Waals surface area contributed by atoms with Gasteiger partial charge in [0.15, 0.2) is 12.4 Å². The van der Waals surface area contributed by atoms with Gasteiger partial charge in [-0.2, -0.15) is 15.0 Å². The highest BCUT2D eigenvalue weighted by molar-refractivity contribution is 6.30. The number of quaternary nitrogens is 1. The number of amides is 1. The van der Waals surface area contributed by atoms with Gasteiger partial charge in [-0.3, -0.25) is 4.79 Å². The molecule has 22 heavy (non-hydrogen) atoms. The van der Waals surface area contributed by atoms with Crippen molar-refractivity contribution in [3.8, 4) is 0 Å². The molecule has 0 fully saturated rings. The predicted molar refractivity (Wildman–Crippen MR) is 84.2 cm³/mol. The van der Waals surface area contributed by atoms with Crippen LogP contribution < -0.4 is 21.7 Å². The molecule has 1 atom stereocenters. The summed E-state index contributed by atoms with van der Waals surface area (Å²) in [6.07, 6.45) is 0. The molecule has 1 amide bonds. The number of nitrogen functional groups attached to an aromatic ring is 2. The van der Waals surface area contributed by atoms with Crippen LogP contribution in [0.1, 0.15) is 5.82 Å². The van der Waals surface area contributed by atoms with Crippen LogP contribution in [0.15, 0.2) is 24.3 Å². The van der Waals surface area contributed by atoms with E-state index in [0.717, 1.165) is 4.90 Å². The number of likely N-dealkylation sites (N-methyl/N-ethyl adjacent to an activating group) is 1. The zero-order valence-electron chi connectivity index (χ0n) is 12.0. The second kappa shape index (κ2) is 7.01. The third-order valence-electron chi connectivity index (χ3n) is 2.77. The van der Waals surface area contributed by atoms with E-state index in [1.54, 1.807) is 24.3 Å². The minimum atomic E-state index is -0.130. The lowest BCUT2D eigenvalue weighted by atomic mass is 10.3. The van der Waals surface area contributed by atoms with Gasteiger partial charge >= 0.3 is 0 Å². The third-order valence-corrected chi connectivity index (χ3v) is 3.02. The first kappa shape index (κ1) is 15.9. The summed E-state index contributed by atoms with van der Waals surface area (Å²) in [4.78, 5) is 24.5. The number of rotatable bonds is 5. The quantitative estimate of drug-likeness (QED) is 0.579. The van der Waals surface area contributed by atoms with E-state index in [4.69, 9.17) is 23.1 Å². The Labute approximate surface area is 132 Å². The van der Waals surface area contributed by atoms with E-state index in [1.807, 2.05) is 7.05 Å². The van der Waals surface area contributed by atoms with Gasteiger partial charge in [0, 0.05) is 10.7 Å². The number of halogens is 1. The molecule has 0 aliphatic heterocycles. The summed E-state index contributed by atoms with van der Waals surface area (Å²) < 4.78 is 0. The molecular formula is C13H17ClN7O+. The summed E-state index contributed by atoms with van der Waals surface area (Å²) >= 11 is 5.79. The fraction of sp³-hybridized carbons (Fsp3) is 0.231. The minimum Gasteiger partial charge on any atom is -0.368 e. The molecule has 1 aromatic heterocycles. The molecule has 1 unspecified atom stereocenters. The number of anilines is 3. The Kier molecular flexibility index (Phi) is 5.08. The zero-order valence-corrected chi connectivity index (χ0v) is 12.8. The van der Waals surface area contributed by atoms with Crippen LogP contribution >= 0.6 is 11.6 Å². The highest BCUT2D eigenvalue weighted by Gasteiger charge is 2.13. The van der Waals surface area contributed by atoms with Crippen LogP contribution in [0.3, 0.4) is 0 Å². The van der Waals surface area contributed by atoms with Crippen molar-refractivity contribution in [1.29, 1.82) is 0 Å². The van der Waals surface area contributed by atoms with Crippen molar-refractivity contribution in [2.24, 2.45) is 0 Å². The fourth-order valence-electron chi connectivity index (χ4n) is 1.88. The molecule has 9 heteroatoms. The van der Waals surface area contributed by atoms with Crippen LogP contribution in [0.4, 0.5) is 17.6 Å². The van der Waals surface area contributed by atoms with E-state index in [1.165, 1.54) is 0 Å². The second-order valence-electron chi connectivity index (χ2n) is 4.83. The molecule has 0 radical (unpaired) electrons. The molecule has 0 saturated carbocycles. The average Bonchev–Trinajstić information content (AvgIpc) is 2.39. The van der Waals surface area contributed by atoms with E-state index in [2.05, 4.69) is 20.3 Å². The second-order valence-corrected chi connectivity index (χ2v) is 5.27. The van der Waals surface area contributed by atoms with E-state index in [-0.39, 0.29) is 24.3 Å². The Bertz CT molecular complexity index is 642. The number of nitrogens with zero attached hydrogens (tertiary/aromatic N) is 3. The lowest BCUT2D eigenvalue weighted by molar-refractivity contribution is -0.885. The molecule has 0 aliphatic carbocycles. The van der Waals surface area contributed by atoms with Gasteiger partial charge in [0.25, 0.3) is 5.91 Å². The van der Waals surface area contributed by atoms with Gasteiger partial charge in [0.05, 0.1) is 7.05 Å². The summed E-state index contributed by atoms with van der Waals surface area (Å²) in [6, 6.07) is 6.90. The lowest BCUT2D eigenvalue weighted by Crippen LogP contribution is -3.08. The molecule has 0 aliphatic rings. The Morgan fingerprint density at radius 3 is 2.36 bits per heavy atom. The Hall–Kier alpha value is -2.45. The largest absolute Gasteiger partial charge is 0.368 e. The number of hydrogen-bond acceptors (Lipinski definition) is 6. The molecule has 0 spiro atoms.